The molecule has 0 radical (unpaired) electrons. The van der Waals surface area contributed by atoms with E-state index in [1.54, 1.807) is 0 Å². The molecule has 15 rings (SSSR count). The molecule has 0 unspecified atom stereocenters. The normalized spacial score (nSPS) is 12.0. The van der Waals surface area contributed by atoms with Crippen molar-refractivity contribution in [1.29, 1.82) is 5.26 Å². The average Bonchev–Trinajstić information content (AvgIpc) is 4.21. The number of para-hydroxylation sites is 7. The van der Waals surface area contributed by atoms with Crippen molar-refractivity contribution in [2.75, 3.05) is 0 Å². The van der Waals surface area contributed by atoms with Gasteiger partial charge in [0.05, 0.1) is 84.4 Å². The van der Waals surface area contributed by atoms with Crippen molar-refractivity contribution >= 4 is 115 Å². The average molecular weight is 893 g/mol. The highest BCUT2D eigenvalue weighted by molar-refractivity contribution is 6.25. The molecule has 70 heavy (non-hydrogen) atoms. The zero-order chi connectivity index (χ0) is 46.4. The first-order valence-corrected chi connectivity index (χ1v) is 23.5. The van der Waals surface area contributed by atoms with Gasteiger partial charge in [-0.15, -0.1) is 0 Å². The van der Waals surface area contributed by atoms with E-state index in [4.69, 9.17) is 9.26 Å². The molecule has 324 valence electrons. The predicted octanol–water partition coefficient (Wildman–Crippen LogP) is 16.7. The number of aryl methyl sites for hydroxylation is 1. The Labute approximate surface area is 399 Å². The summed E-state index contributed by atoms with van der Waals surface area (Å²) < 4.78 is 15.8. The minimum atomic E-state index is 0.352. The fourth-order valence-electron chi connectivity index (χ4n) is 11.9. The monoisotopic (exact) mass is 892 g/mol. The number of rotatable bonds is 4. The van der Waals surface area contributed by atoms with Crippen LogP contribution in [-0.4, -0.2) is 18.3 Å². The molecule has 7 heteroatoms. The summed E-state index contributed by atoms with van der Waals surface area (Å²) in [6.07, 6.45) is 0. The molecule has 5 heterocycles. The minimum absolute atomic E-state index is 0.352. The fraction of sp³-hybridized carbons (Fsp3) is 0.0159. The van der Waals surface area contributed by atoms with Gasteiger partial charge in [0.25, 0.3) is 0 Å². The molecule has 0 aliphatic carbocycles. The van der Waals surface area contributed by atoms with E-state index in [0.717, 1.165) is 115 Å². The van der Waals surface area contributed by atoms with E-state index in [1.165, 1.54) is 0 Å². The van der Waals surface area contributed by atoms with Gasteiger partial charge in [0.15, 0.2) is 0 Å². The number of benzene rings is 10. The fourth-order valence-corrected chi connectivity index (χ4v) is 11.9. The lowest BCUT2D eigenvalue weighted by Gasteiger charge is -2.27. The highest BCUT2D eigenvalue weighted by atomic mass is 16.3. The Kier molecular flexibility index (Phi) is 7.72. The summed E-state index contributed by atoms with van der Waals surface area (Å²) in [5.74, 6) is 0. The van der Waals surface area contributed by atoms with E-state index >= 15 is 0 Å². The molecular formula is C63H36N6O. The van der Waals surface area contributed by atoms with Crippen molar-refractivity contribution in [3.05, 3.63) is 223 Å². The van der Waals surface area contributed by atoms with Crippen LogP contribution in [0.1, 0.15) is 11.1 Å². The highest BCUT2D eigenvalue weighted by Crippen LogP contribution is 2.52. The largest absolute Gasteiger partial charge is 0.456 e. The SMILES string of the molecule is [C-]#[N+]c1c(-n2c3ccccc3c3ccccc32)c(C#N)c(-n2c3ccc(C)cc3c3ccc4oc5ccccc5c4c32)c(-n2c3ccccc3c3ccccc32)c1-n1c2ccccc2c2ccccc21. The van der Waals surface area contributed by atoms with Crippen LogP contribution in [0.4, 0.5) is 5.69 Å². The van der Waals surface area contributed by atoms with Gasteiger partial charge in [0.1, 0.15) is 17.2 Å². The summed E-state index contributed by atoms with van der Waals surface area (Å²) in [5.41, 5.74) is 13.3. The maximum Gasteiger partial charge on any atom is 0.237 e. The Morgan fingerprint density at radius 2 is 0.829 bits per heavy atom. The molecule has 0 atom stereocenters. The van der Waals surface area contributed by atoms with Crippen molar-refractivity contribution in [2.45, 2.75) is 6.92 Å². The Morgan fingerprint density at radius 3 is 1.31 bits per heavy atom. The van der Waals surface area contributed by atoms with Crippen molar-refractivity contribution in [2.24, 2.45) is 0 Å². The summed E-state index contributed by atoms with van der Waals surface area (Å²) in [5, 5.41) is 22.8. The lowest BCUT2D eigenvalue weighted by Crippen LogP contribution is -2.14. The van der Waals surface area contributed by atoms with Crippen molar-refractivity contribution in [1.82, 2.24) is 18.3 Å². The number of hydrogen-bond donors (Lipinski definition) is 0. The van der Waals surface area contributed by atoms with Gasteiger partial charge in [0.2, 0.25) is 5.69 Å². The van der Waals surface area contributed by atoms with Gasteiger partial charge >= 0.3 is 0 Å². The first-order chi connectivity index (χ1) is 34.6. The number of fused-ring (bicyclic) bond motifs is 16. The zero-order valence-electron chi connectivity index (χ0n) is 37.6. The molecule has 0 N–H and O–H groups in total. The lowest BCUT2D eigenvalue weighted by atomic mass is 10.0. The van der Waals surface area contributed by atoms with Crippen LogP contribution < -0.4 is 0 Å². The summed E-state index contributed by atoms with van der Waals surface area (Å²) in [7, 11) is 0. The maximum absolute atomic E-state index is 12.5. The van der Waals surface area contributed by atoms with Crippen LogP contribution in [0.15, 0.2) is 205 Å². The number of aromatic nitrogens is 4. The molecule has 0 bridgehead atoms. The van der Waals surface area contributed by atoms with E-state index in [0.29, 0.717) is 34.0 Å². The highest BCUT2D eigenvalue weighted by Gasteiger charge is 2.35. The first-order valence-electron chi connectivity index (χ1n) is 23.5. The quantitative estimate of drug-likeness (QED) is 0.165. The molecule has 15 aromatic rings. The molecule has 0 fully saturated rings. The predicted molar refractivity (Wildman–Crippen MR) is 287 cm³/mol. The molecule has 5 aromatic heterocycles. The first kappa shape index (κ1) is 38.3. The summed E-state index contributed by atoms with van der Waals surface area (Å²) in [6, 6.07) is 72.6. The summed E-state index contributed by atoms with van der Waals surface area (Å²) in [4.78, 5) is 4.71. The Hall–Kier alpha value is -9.82. The van der Waals surface area contributed by atoms with E-state index in [1.807, 2.05) is 24.3 Å². The second-order valence-electron chi connectivity index (χ2n) is 18.2. The Balaban J connectivity index is 1.32. The van der Waals surface area contributed by atoms with Crippen molar-refractivity contribution in [3.63, 3.8) is 0 Å². The topological polar surface area (TPSA) is 61.0 Å². The van der Waals surface area contributed by atoms with Gasteiger partial charge in [-0.05, 0) is 73.7 Å². The summed E-state index contributed by atoms with van der Waals surface area (Å²) in [6.45, 7) is 11.8. The Morgan fingerprint density at radius 1 is 0.400 bits per heavy atom. The molecule has 10 aromatic carbocycles. The van der Waals surface area contributed by atoms with Gasteiger partial charge in [-0.2, -0.15) is 5.26 Å². The van der Waals surface area contributed by atoms with Crippen LogP contribution in [0.3, 0.4) is 0 Å². The third-order valence-electron chi connectivity index (χ3n) is 14.7. The molecule has 0 saturated heterocycles. The Bertz CT molecular complexity index is 4720. The lowest BCUT2D eigenvalue weighted by molar-refractivity contribution is 0.669. The number of hydrogen-bond acceptors (Lipinski definition) is 2. The van der Waals surface area contributed by atoms with Gasteiger partial charge in [-0.1, -0.05) is 139 Å². The molecule has 0 spiro atoms. The van der Waals surface area contributed by atoms with Crippen LogP contribution in [0.2, 0.25) is 0 Å². The van der Waals surface area contributed by atoms with E-state index < -0.39 is 0 Å². The van der Waals surface area contributed by atoms with Gasteiger partial charge in [0, 0.05) is 48.5 Å². The third-order valence-corrected chi connectivity index (χ3v) is 14.7. The standard InChI is InChI=1S/C63H36N6O/c1-37-31-33-54-46(35-37)44-32-34-56-57(45-23-9-16-30-55(45)70-56)59(44)69(54)61-47(36-64)60(66-48-24-10-3-17-38(48)39-18-4-11-25-49(39)66)58(65-2)62(67-50-26-12-5-19-40(50)41-20-6-13-27-51(41)67)63(61)68-52-28-14-7-21-42(52)43-22-8-15-29-53(43)68/h3-35H,1H3. The maximum atomic E-state index is 12.5. The molecule has 0 aliphatic heterocycles. The van der Waals surface area contributed by atoms with Crippen LogP contribution in [0.5, 0.6) is 0 Å². The van der Waals surface area contributed by atoms with Crippen LogP contribution in [-0.2, 0) is 0 Å². The molecule has 0 amide bonds. The van der Waals surface area contributed by atoms with E-state index in [2.05, 4.69) is 207 Å². The van der Waals surface area contributed by atoms with Gasteiger partial charge in [-0.3, -0.25) is 0 Å². The van der Waals surface area contributed by atoms with Gasteiger partial charge in [-0.25, -0.2) is 4.85 Å². The number of furan rings is 1. The van der Waals surface area contributed by atoms with Crippen LogP contribution in [0.25, 0.3) is 137 Å². The van der Waals surface area contributed by atoms with Crippen LogP contribution in [0, 0.1) is 24.8 Å². The third kappa shape index (κ3) is 4.89. The van der Waals surface area contributed by atoms with Gasteiger partial charge < -0.3 is 22.7 Å². The molecular weight excluding hydrogens is 857 g/mol. The zero-order valence-corrected chi connectivity index (χ0v) is 37.6. The summed E-state index contributed by atoms with van der Waals surface area (Å²) >= 11 is 0. The van der Waals surface area contributed by atoms with E-state index in [9.17, 15) is 11.8 Å². The smallest absolute Gasteiger partial charge is 0.237 e. The van der Waals surface area contributed by atoms with Crippen LogP contribution >= 0.6 is 0 Å². The van der Waals surface area contributed by atoms with E-state index in [-0.39, 0.29) is 0 Å². The minimum Gasteiger partial charge on any atom is -0.456 e. The number of nitriles is 1. The molecule has 7 nitrogen and oxygen atoms in total. The molecule has 0 saturated carbocycles. The van der Waals surface area contributed by atoms with Crippen molar-refractivity contribution < 1.29 is 4.42 Å². The molecule has 0 aliphatic rings. The van der Waals surface area contributed by atoms with Crippen molar-refractivity contribution in [3.8, 4) is 28.8 Å². The number of nitrogens with zero attached hydrogens (tertiary/aromatic N) is 6. The second-order valence-corrected chi connectivity index (χ2v) is 18.2. The second kappa shape index (κ2) is 14.1.